The van der Waals surface area contributed by atoms with E-state index in [0.29, 0.717) is 50.1 Å². The summed E-state index contributed by atoms with van der Waals surface area (Å²) in [7, 11) is 0. The minimum Gasteiger partial charge on any atom is -0.362 e. The van der Waals surface area contributed by atoms with E-state index < -0.39 is 0 Å². The Labute approximate surface area is 166 Å². The second-order valence-electron chi connectivity index (χ2n) is 7.40. The second-order valence-corrected chi connectivity index (χ2v) is 7.40. The predicted molar refractivity (Wildman–Crippen MR) is 109 cm³/mol. The van der Waals surface area contributed by atoms with Crippen molar-refractivity contribution in [1.82, 2.24) is 10.2 Å². The van der Waals surface area contributed by atoms with E-state index in [-0.39, 0.29) is 28.9 Å². The number of hydrogen-bond donors (Lipinski definition) is 1. The minimum atomic E-state index is -0.341. The van der Waals surface area contributed by atoms with Crippen molar-refractivity contribution in [2.24, 2.45) is 11.8 Å². The van der Waals surface area contributed by atoms with Gasteiger partial charge in [0.2, 0.25) is 5.91 Å². The topological polar surface area (TPSA) is 78.7 Å². The summed E-state index contributed by atoms with van der Waals surface area (Å²) in [6, 6.07) is 6.82. The monoisotopic (exact) mass is 396 g/mol. The molecule has 2 fully saturated rings. The molecule has 0 bridgehead atoms. The number of carbonyl (C=O) groups excluding carboxylic acids is 1. The number of rotatable bonds is 5. The van der Waals surface area contributed by atoms with Gasteiger partial charge in [0.15, 0.2) is 0 Å². The molecule has 0 saturated carbocycles. The molecule has 1 N–H and O–H groups in total. The Kier molecular flexibility index (Phi) is 7.86. The van der Waals surface area contributed by atoms with Crippen LogP contribution < -0.4 is 10.2 Å². The number of nitrogens with zero attached hydrogens (tertiary/aromatic N) is 3. The van der Waals surface area contributed by atoms with Gasteiger partial charge in [-0.15, -0.1) is 12.4 Å². The lowest BCUT2D eigenvalue weighted by molar-refractivity contribution is -0.384. The Hall–Kier alpha value is -1.86. The molecule has 2 aliphatic heterocycles. The van der Waals surface area contributed by atoms with Crippen molar-refractivity contribution in [3.8, 4) is 0 Å². The quantitative estimate of drug-likeness (QED) is 0.611. The molecular formula is C19H29ClN4O3. The first-order valence-electron chi connectivity index (χ1n) is 9.53. The number of anilines is 1. The number of amides is 1. The van der Waals surface area contributed by atoms with Gasteiger partial charge in [-0.2, -0.15) is 0 Å². The summed E-state index contributed by atoms with van der Waals surface area (Å²) >= 11 is 0. The van der Waals surface area contributed by atoms with Gasteiger partial charge in [0.05, 0.1) is 4.92 Å². The van der Waals surface area contributed by atoms with Gasteiger partial charge in [-0.3, -0.25) is 14.9 Å². The van der Waals surface area contributed by atoms with Crippen LogP contribution >= 0.6 is 12.4 Å². The number of benzene rings is 1. The summed E-state index contributed by atoms with van der Waals surface area (Å²) in [4.78, 5) is 27.5. The summed E-state index contributed by atoms with van der Waals surface area (Å²) in [5, 5.41) is 14.6. The zero-order valence-electron chi connectivity index (χ0n) is 15.8. The molecule has 27 heavy (non-hydrogen) atoms. The number of piperazine rings is 1. The van der Waals surface area contributed by atoms with E-state index in [9.17, 15) is 14.9 Å². The van der Waals surface area contributed by atoms with Crippen molar-refractivity contribution < 1.29 is 9.72 Å². The first-order valence-corrected chi connectivity index (χ1v) is 9.53. The van der Waals surface area contributed by atoms with Crippen molar-refractivity contribution >= 4 is 29.7 Å². The molecule has 150 valence electrons. The first kappa shape index (κ1) is 21.4. The minimum absolute atomic E-state index is 0. The molecular weight excluding hydrogens is 368 g/mol. The van der Waals surface area contributed by atoms with Gasteiger partial charge in [-0.25, -0.2) is 0 Å². The number of nitrogens with one attached hydrogen (secondary N) is 1. The Morgan fingerprint density at radius 1 is 1.30 bits per heavy atom. The highest BCUT2D eigenvalue weighted by atomic mass is 35.5. The first-order chi connectivity index (χ1) is 12.6. The zero-order valence-corrected chi connectivity index (χ0v) is 16.6. The van der Waals surface area contributed by atoms with Crippen LogP contribution in [0, 0.1) is 22.0 Å². The van der Waals surface area contributed by atoms with Crippen LogP contribution in [-0.2, 0) is 4.79 Å². The molecule has 2 unspecified atom stereocenters. The van der Waals surface area contributed by atoms with Crippen molar-refractivity contribution in [3.63, 3.8) is 0 Å². The average Bonchev–Trinajstić information content (AvgIpc) is 2.68. The van der Waals surface area contributed by atoms with Crippen LogP contribution in [-0.4, -0.2) is 55.0 Å². The van der Waals surface area contributed by atoms with Crippen molar-refractivity contribution in [2.45, 2.75) is 26.2 Å². The van der Waals surface area contributed by atoms with E-state index in [4.69, 9.17) is 0 Å². The van der Waals surface area contributed by atoms with E-state index in [1.807, 2.05) is 15.9 Å². The number of para-hydroxylation sites is 2. The molecule has 0 aliphatic carbocycles. The fourth-order valence-electron chi connectivity index (χ4n) is 4.02. The van der Waals surface area contributed by atoms with Gasteiger partial charge in [-0.05, 0) is 43.8 Å². The third-order valence-corrected chi connectivity index (χ3v) is 5.69. The van der Waals surface area contributed by atoms with Crippen LogP contribution in [0.4, 0.5) is 11.4 Å². The molecule has 2 saturated heterocycles. The average molecular weight is 397 g/mol. The molecule has 7 nitrogen and oxygen atoms in total. The third kappa shape index (κ3) is 5.32. The van der Waals surface area contributed by atoms with Crippen LogP contribution in [0.3, 0.4) is 0 Å². The molecule has 1 aromatic rings. The number of hydrogen-bond acceptors (Lipinski definition) is 5. The summed E-state index contributed by atoms with van der Waals surface area (Å²) in [5.41, 5.74) is 0.775. The number of nitro benzene ring substituents is 1. The zero-order chi connectivity index (χ0) is 18.5. The van der Waals surface area contributed by atoms with Crippen LogP contribution in [0.1, 0.15) is 26.2 Å². The highest BCUT2D eigenvalue weighted by Gasteiger charge is 2.28. The molecule has 1 amide bonds. The Bertz CT molecular complexity index is 644. The predicted octanol–water partition coefficient (Wildman–Crippen LogP) is 2.69. The van der Waals surface area contributed by atoms with Crippen molar-refractivity contribution in [3.05, 3.63) is 34.4 Å². The molecule has 1 aromatic carbocycles. The van der Waals surface area contributed by atoms with Gasteiger partial charge in [0.1, 0.15) is 5.69 Å². The fourth-order valence-corrected chi connectivity index (χ4v) is 4.02. The summed E-state index contributed by atoms with van der Waals surface area (Å²) in [5.74, 6) is 1.19. The SMILES string of the molecule is CC(CC(=O)N1CCN(c2ccccc2[N+](=O)[O-])CC1)C1CCCNC1.Cl. The van der Waals surface area contributed by atoms with E-state index in [1.54, 1.807) is 12.1 Å². The lowest BCUT2D eigenvalue weighted by Gasteiger charge is -2.37. The van der Waals surface area contributed by atoms with E-state index in [1.165, 1.54) is 18.9 Å². The summed E-state index contributed by atoms with van der Waals surface area (Å²) in [6.45, 7) is 6.80. The standard InChI is InChI=1S/C19H28N4O3.ClH/c1-15(16-5-4-8-20-14-16)13-19(24)22-11-9-21(10-12-22)17-6-2-3-7-18(17)23(25)26;/h2-3,6-7,15-16,20H,4-5,8-14H2,1H3;1H. The molecule has 8 heteroatoms. The van der Waals surface area contributed by atoms with Crippen LogP contribution in [0.15, 0.2) is 24.3 Å². The second kappa shape index (κ2) is 9.90. The number of nitro groups is 1. The maximum absolute atomic E-state index is 12.6. The maximum Gasteiger partial charge on any atom is 0.292 e. The van der Waals surface area contributed by atoms with Crippen molar-refractivity contribution in [1.29, 1.82) is 0 Å². The van der Waals surface area contributed by atoms with E-state index in [2.05, 4.69) is 12.2 Å². The van der Waals surface area contributed by atoms with Crippen LogP contribution in [0.25, 0.3) is 0 Å². The van der Waals surface area contributed by atoms with Gasteiger partial charge >= 0.3 is 0 Å². The normalized spacial score (nSPS) is 21.3. The molecule has 2 heterocycles. The molecule has 0 spiro atoms. The lowest BCUT2D eigenvalue weighted by atomic mass is 9.85. The van der Waals surface area contributed by atoms with Gasteiger partial charge in [0.25, 0.3) is 5.69 Å². The van der Waals surface area contributed by atoms with Gasteiger partial charge < -0.3 is 15.1 Å². The maximum atomic E-state index is 12.6. The summed E-state index contributed by atoms with van der Waals surface area (Å²) in [6.07, 6.45) is 2.99. The molecule has 2 atom stereocenters. The van der Waals surface area contributed by atoms with Gasteiger partial charge in [-0.1, -0.05) is 19.1 Å². The van der Waals surface area contributed by atoms with Crippen LogP contribution in [0.5, 0.6) is 0 Å². The Morgan fingerprint density at radius 2 is 2.00 bits per heavy atom. The van der Waals surface area contributed by atoms with E-state index in [0.717, 1.165) is 13.1 Å². The molecule has 0 radical (unpaired) electrons. The lowest BCUT2D eigenvalue weighted by Crippen LogP contribution is -2.49. The highest BCUT2D eigenvalue weighted by molar-refractivity contribution is 5.85. The molecule has 0 aromatic heterocycles. The highest BCUT2D eigenvalue weighted by Crippen LogP contribution is 2.29. The van der Waals surface area contributed by atoms with Crippen LogP contribution in [0.2, 0.25) is 0 Å². The fraction of sp³-hybridized carbons (Fsp3) is 0.632. The third-order valence-electron chi connectivity index (χ3n) is 5.69. The number of halogens is 1. The number of piperidine rings is 1. The Morgan fingerprint density at radius 3 is 2.63 bits per heavy atom. The van der Waals surface area contributed by atoms with E-state index >= 15 is 0 Å². The van der Waals surface area contributed by atoms with Crippen molar-refractivity contribution in [2.75, 3.05) is 44.2 Å². The van der Waals surface area contributed by atoms with Gasteiger partial charge in [0, 0.05) is 38.7 Å². The smallest absolute Gasteiger partial charge is 0.292 e. The largest absolute Gasteiger partial charge is 0.362 e. The Balaban J connectivity index is 0.00000261. The molecule has 2 aliphatic rings. The molecule has 3 rings (SSSR count). The summed E-state index contributed by atoms with van der Waals surface area (Å²) < 4.78 is 0. The number of carbonyl (C=O) groups is 1.